The Bertz CT molecular complexity index is 531. The van der Waals surface area contributed by atoms with E-state index in [4.69, 9.17) is 9.47 Å². The van der Waals surface area contributed by atoms with Gasteiger partial charge in [-0.1, -0.05) is 13.8 Å². The first-order chi connectivity index (χ1) is 10.4. The maximum atomic E-state index is 12.1. The van der Waals surface area contributed by atoms with Crippen LogP contribution in [-0.2, 0) is 9.53 Å². The van der Waals surface area contributed by atoms with Crippen molar-refractivity contribution in [3.63, 3.8) is 0 Å². The third-order valence-corrected chi connectivity index (χ3v) is 4.08. The smallest absolute Gasteiger partial charge is 0.342 e. The highest BCUT2D eigenvalue weighted by Crippen LogP contribution is 2.25. The van der Waals surface area contributed by atoms with Crippen LogP contribution in [0, 0.1) is 5.92 Å². The molecule has 0 bridgehead atoms. The Balaban J connectivity index is 2.64. The summed E-state index contributed by atoms with van der Waals surface area (Å²) in [5.74, 6) is -0.127. The number of rotatable bonds is 7. The summed E-state index contributed by atoms with van der Waals surface area (Å²) >= 11 is 1.55. The minimum absolute atomic E-state index is 0.0293. The summed E-state index contributed by atoms with van der Waals surface area (Å²) in [6.45, 7) is 5.63. The molecule has 0 aromatic heterocycles. The maximum Gasteiger partial charge on any atom is 0.342 e. The number of nitrogens with one attached hydrogen (secondary N) is 1. The first-order valence-corrected chi connectivity index (χ1v) is 8.30. The number of hydrogen-bond donors (Lipinski definition) is 1. The van der Waals surface area contributed by atoms with Crippen molar-refractivity contribution >= 4 is 23.6 Å². The van der Waals surface area contributed by atoms with E-state index in [0.29, 0.717) is 17.2 Å². The molecule has 0 fully saturated rings. The molecule has 0 aliphatic carbocycles. The van der Waals surface area contributed by atoms with Crippen LogP contribution in [0.1, 0.15) is 31.1 Å². The highest BCUT2D eigenvalue weighted by Gasteiger charge is 2.17. The van der Waals surface area contributed by atoms with Crippen LogP contribution < -0.4 is 10.1 Å². The number of carbonyl (C=O) groups excluding carboxylic acids is 2. The molecule has 1 N–H and O–H groups in total. The maximum absolute atomic E-state index is 12.1. The highest BCUT2D eigenvalue weighted by atomic mass is 32.2. The Morgan fingerprint density at radius 3 is 2.50 bits per heavy atom. The summed E-state index contributed by atoms with van der Waals surface area (Å²) in [7, 11) is 1.49. The molecular formula is C16H23NO4S. The zero-order chi connectivity index (χ0) is 16.7. The van der Waals surface area contributed by atoms with E-state index < -0.39 is 5.97 Å². The number of ether oxygens (including phenoxy) is 2. The van der Waals surface area contributed by atoms with E-state index in [1.807, 2.05) is 33.1 Å². The van der Waals surface area contributed by atoms with Gasteiger partial charge in [0.05, 0.1) is 7.11 Å². The minimum Gasteiger partial charge on any atom is -0.496 e. The van der Waals surface area contributed by atoms with Gasteiger partial charge in [-0.25, -0.2) is 4.79 Å². The van der Waals surface area contributed by atoms with Gasteiger partial charge in [0.25, 0.3) is 5.91 Å². The van der Waals surface area contributed by atoms with Crippen molar-refractivity contribution < 1.29 is 19.1 Å². The van der Waals surface area contributed by atoms with Gasteiger partial charge >= 0.3 is 5.97 Å². The second-order valence-corrected chi connectivity index (χ2v) is 6.12. The van der Waals surface area contributed by atoms with E-state index in [1.54, 1.807) is 23.9 Å². The number of methoxy groups -OCH3 is 1. The summed E-state index contributed by atoms with van der Waals surface area (Å²) < 4.78 is 10.2. The molecule has 122 valence electrons. The first kappa shape index (κ1) is 18.4. The molecule has 5 nitrogen and oxygen atoms in total. The molecule has 0 aliphatic rings. The number of hydrogen-bond acceptors (Lipinski definition) is 5. The lowest BCUT2D eigenvalue weighted by Crippen LogP contribution is -2.38. The molecule has 1 amide bonds. The van der Waals surface area contributed by atoms with Crippen LogP contribution in [-0.4, -0.2) is 37.9 Å². The molecule has 0 aliphatic heterocycles. The Hall–Kier alpha value is -1.69. The predicted octanol–water partition coefficient (Wildman–Crippen LogP) is 2.73. The zero-order valence-electron chi connectivity index (χ0n) is 13.6. The topological polar surface area (TPSA) is 64.6 Å². The summed E-state index contributed by atoms with van der Waals surface area (Å²) in [5.41, 5.74) is 0.310. The molecule has 0 unspecified atom stereocenters. The third-order valence-electron chi connectivity index (χ3n) is 3.35. The number of amides is 1. The van der Waals surface area contributed by atoms with Crippen LogP contribution in [0.3, 0.4) is 0 Å². The molecule has 1 aromatic carbocycles. The lowest BCUT2D eigenvalue weighted by atomic mass is 10.1. The number of benzene rings is 1. The van der Waals surface area contributed by atoms with E-state index >= 15 is 0 Å². The van der Waals surface area contributed by atoms with Gasteiger partial charge in [0, 0.05) is 10.9 Å². The van der Waals surface area contributed by atoms with Gasteiger partial charge in [0.15, 0.2) is 6.61 Å². The van der Waals surface area contributed by atoms with Crippen molar-refractivity contribution in [2.24, 2.45) is 5.92 Å². The lowest BCUT2D eigenvalue weighted by molar-refractivity contribution is -0.125. The van der Waals surface area contributed by atoms with Crippen LogP contribution in [0.25, 0.3) is 0 Å². The number of esters is 1. The Kier molecular flexibility index (Phi) is 7.24. The van der Waals surface area contributed by atoms with Gasteiger partial charge in [-0.15, -0.1) is 11.8 Å². The highest BCUT2D eigenvalue weighted by molar-refractivity contribution is 7.98. The van der Waals surface area contributed by atoms with Crippen LogP contribution in [0.5, 0.6) is 5.75 Å². The standard InChI is InChI=1S/C16H23NO4S/c1-10(2)11(3)17-15(18)9-21-16(19)13-7-6-12(22-5)8-14(13)20-4/h6-8,10-11H,9H2,1-5H3,(H,17,18)/t11-/m1/s1. The Labute approximate surface area is 135 Å². The van der Waals surface area contributed by atoms with Crippen molar-refractivity contribution in [3.8, 4) is 5.75 Å². The van der Waals surface area contributed by atoms with Crippen molar-refractivity contribution in [2.45, 2.75) is 31.7 Å². The van der Waals surface area contributed by atoms with E-state index in [-0.39, 0.29) is 18.6 Å². The third kappa shape index (κ3) is 5.26. The molecule has 1 aromatic rings. The monoisotopic (exact) mass is 325 g/mol. The number of carbonyl (C=O) groups is 2. The normalized spacial score (nSPS) is 11.9. The quantitative estimate of drug-likeness (QED) is 0.617. The average Bonchev–Trinajstić information content (AvgIpc) is 2.51. The van der Waals surface area contributed by atoms with Gasteiger partial charge in [-0.2, -0.15) is 0 Å². The summed E-state index contributed by atoms with van der Waals surface area (Å²) in [6.07, 6.45) is 1.94. The molecule has 0 spiro atoms. The fourth-order valence-corrected chi connectivity index (χ4v) is 2.07. The molecule has 1 rings (SSSR count). The van der Waals surface area contributed by atoms with Crippen molar-refractivity contribution in [2.75, 3.05) is 20.0 Å². The van der Waals surface area contributed by atoms with E-state index in [9.17, 15) is 9.59 Å². The van der Waals surface area contributed by atoms with E-state index in [0.717, 1.165) is 4.90 Å². The minimum atomic E-state index is -0.572. The van der Waals surface area contributed by atoms with Crippen LogP contribution in [0.15, 0.2) is 23.1 Å². The molecule has 0 heterocycles. The van der Waals surface area contributed by atoms with E-state index in [1.165, 1.54) is 7.11 Å². The Morgan fingerprint density at radius 2 is 1.95 bits per heavy atom. The lowest BCUT2D eigenvalue weighted by Gasteiger charge is -2.17. The molecule has 0 radical (unpaired) electrons. The predicted molar refractivity (Wildman–Crippen MR) is 87.5 cm³/mol. The molecule has 0 saturated carbocycles. The van der Waals surface area contributed by atoms with Crippen molar-refractivity contribution in [3.05, 3.63) is 23.8 Å². The summed E-state index contributed by atoms with van der Waals surface area (Å²) in [5, 5.41) is 2.78. The Morgan fingerprint density at radius 1 is 1.27 bits per heavy atom. The van der Waals surface area contributed by atoms with Gasteiger partial charge in [0.2, 0.25) is 0 Å². The van der Waals surface area contributed by atoms with Gasteiger partial charge < -0.3 is 14.8 Å². The molecule has 6 heteroatoms. The summed E-state index contributed by atoms with van der Waals surface area (Å²) in [4.78, 5) is 24.8. The van der Waals surface area contributed by atoms with E-state index in [2.05, 4.69) is 5.32 Å². The largest absolute Gasteiger partial charge is 0.496 e. The van der Waals surface area contributed by atoms with Gasteiger partial charge in [0.1, 0.15) is 11.3 Å². The molecule has 0 saturated heterocycles. The second-order valence-electron chi connectivity index (χ2n) is 5.24. The van der Waals surface area contributed by atoms with Crippen molar-refractivity contribution in [1.29, 1.82) is 0 Å². The number of thioether (sulfide) groups is 1. The zero-order valence-corrected chi connectivity index (χ0v) is 14.5. The molecular weight excluding hydrogens is 302 g/mol. The van der Waals surface area contributed by atoms with Gasteiger partial charge in [-0.05, 0) is 37.3 Å². The van der Waals surface area contributed by atoms with Crippen molar-refractivity contribution in [1.82, 2.24) is 5.32 Å². The van der Waals surface area contributed by atoms with Gasteiger partial charge in [-0.3, -0.25) is 4.79 Å². The first-order valence-electron chi connectivity index (χ1n) is 7.07. The average molecular weight is 325 g/mol. The van der Waals surface area contributed by atoms with Crippen LogP contribution in [0.2, 0.25) is 0 Å². The van der Waals surface area contributed by atoms with Crippen LogP contribution >= 0.6 is 11.8 Å². The van der Waals surface area contributed by atoms with Crippen LogP contribution in [0.4, 0.5) is 0 Å². The molecule has 22 heavy (non-hydrogen) atoms. The SMILES string of the molecule is COc1cc(SC)ccc1C(=O)OCC(=O)N[C@H](C)C(C)C. The fourth-order valence-electron chi connectivity index (χ4n) is 1.64. The second kappa shape index (κ2) is 8.68. The molecule has 1 atom stereocenters. The summed E-state index contributed by atoms with van der Waals surface area (Å²) in [6, 6.07) is 5.25. The fraction of sp³-hybridized carbons (Fsp3) is 0.500.